The Bertz CT molecular complexity index is 1490. The lowest BCUT2D eigenvalue weighted by molar-refractivity contribution is -0.118. The van der Waals surface area contributed by atoms with Crippen LogP contribution in [0.15, 0.2) is 81.1 Å². The normalized spacial score (nSPS) is 12.1. The molecule has 0 spiro atoms. The van der Waals surface area contributed by atoms with Gasteiger partial charge in [0.1, 0.15) is 11.6 Å². The largest absolute Gasteiger partial charge is 0.483 e. The van der Waals surface area contributed by atoms with E-state index < -0.39 is 0 Å². The molecule has 9 heteroatoms. The van der Waals surface area contributed by atoms with Crippen LogP contribution in [-0.2, 0) is 4.79 Å². The Morgan fingerprint density at radius 1 is 1.19 bits per heavy atom. The molecule has 1 atom stereocenters. The van der Waals surface area contributed by atoms with E-state index in [1.54, 1.807) is 36.4 Å². The summed E-state index contributed by atoms with van der Waals surface area (Å²) in [6.45, 7) is 3.82. The lowest BCUT2D eigenvalue weighted by Crippen LogP contribution is -2.24. The van der Waals surface area contributed by atoms with Crippen LogP contribution in [0, 0.1) is 0 Å². The van der Waals surface area contributed by atoms with Crippen molar-refractivity contribution in [1.82, 2.24) is 9.66 Å². The highest BCUT2D eigenvalue weighted by molar-refractivity contribution is 9.10. The fourth-order valence-corrected chi connectivity index (χ4v) is 4.05. The summed E-state index contributed by atoms with van der Waals surface area (Å²) in [6, 6.07) is 19.5. The lowest BCUT2D eigenvalue weighted by atomic mass is 10.1. The third-order valence-electron chi connectivity index (χ3n) is 5.59. The van der Waals surface area contributed by atoms with Crippen molar-refractivity contribution in [2.24, 2.45) is 5.10 Å². The number of para-hydroxylation sites is 1. The van der Waals surface area contributed by atoms with Crippen LogP contribution in [0.5, 0.6) is 5.75 Å². The Morgan fingerprint density at radius 3 is 2.72 bits per heavy atom. The van der Waals surface area contributed by atoms with Gasteiger partial charge in [0, 0.05) is 26.7 Å². The standard InChI is InChI=1S/C27H24BrClN4O3/c1-3-17(2)26-32-23-11-9-19(28)14-22(23)27(35)33(26)30-15-18-13-20(29)10-12-24(18)36-16-25(34)31-21-7-5-4-6-8-21/h4-15,17H,3,16H2,1-2H3,(H,31,34)/t17-/m0/s1. The van der Waals surface area contributed by atoms with Gasteiger partial charge in [-0.2, -0.15) is 9.78 Å². The molecule has 0 aliphatic rings. The van der Waals surface area contributed by atoms with Gasteiger partial charge in [0.2, 0.25) is 0 Å². The number of amides is 1. The number of nitrogens with zero attached hydrogens (tertiary/aromatic N) is 3. The van der Waals surface area contributed by atoms with Crippen LogP contribution < -0.4 is 15.6 Å². The summed E-state index contributed by atoms with van der Waals surface area (Å²) < 4.78 is 7.85. The van der Waals surface area contributed by atoms with Crippen LogP contribution >= 0.6 is 27.5 Å². The van der Waals surface area contributed by atoms with Crippen LogP contribution in [0.1, 0.15) is 37.6 Å². The van der Waals surface area contributed by atoms with E-state index in [4.69, 9.17) is 21.3 Å². The second-order valence-electron chi connectivity index (χ2n) is 8.19. The van der Waals surface area contributed by atoms with Crippen molar-refractivity contribution in [2.75, 3.05) is 11.9 Å². The number of hydrogen-bond donors (Lipinski definition) is 1. The highest BCUT2D eigenvalue weighted by atomic mass is 79.9. The first kappa shape index (κ1) is 25.6. The van der Waals surface area contributed by atoms with Gasteiger partial charge in [-0.25, -0.2) is 4.98 Å². The van der Waals surface area contributed by atoms with Crippen LogP contribution in [0.3, 0.4) is 0 Å². The molecule has 0 saturated heterocycles. The van der Waals surface area contributed by atoms with Crippen molar-refractivity contribution in [3.05, 3.63) is 98.0 Å². The highest BCUT2D eigenvalue weighted by Crippen LogP contribution is 2.23. The molecule has 0 aliphatic heterocycles. The zero-order valence-electron chi connectivity index (χ0n) is 19.7. The van der Waals surface area contributed by atoms with E-state index in [0.717, 1.165) is 10.9 Å². The topological polar surface area (TPSA) is 85.6 Å². The van der Waals surface area contributed by atoms with Crippen LogP contribution in [0.2, 0.25) is 5.02 Å². The zero-order chi connectivity index (χ0) is 25.7. The molecule has 3 aromatic carbocycles. The molecule has 1 amide bonds. The maximum absolute atomic E-state index is 13.4. The van der Waals surface area contributed by atoms with Gasteiger partial charge in [-0.1, -0.05) is 59.6 Å². The number of anilines is 1. The molecule has 36 heavy (non-hydrogen) atoms. The third kappa shape index (κ3) is 6.01. The quantitative estimate of drug-likeness (QED) is 0.256. The van der Waals surface area contributed by atoms with Gasteiger partial charge in [0.05, 0.1) is 17.1 Å². The molecule has 184 valence electrons. The molecule has 0 unspecified atom stereocenters. The maximum atomic E-state index is 13.4. The second-order valence-corrected chi connectivity index (χ2v) is 9.54. The summed E-state index contributed by atoms with van der Waals surface area (Å²) in [5.41, 5.74) is 1.53. The lowest BCUT2D eigenvalue weighted by Gasteiger charge is -2.14. The SMILES string of the molecule is CC[C@H](C)c1nc2ccc(Br)cc2c(=O)n1N=Cc1cc(Cl)ccc1OCC(=O)Nc1ccccc1. The van der Waals surface area contributed by atoms with E-state index in [9.17, 15) is 9.59 Å². The van der Waals surface area contributed by atoms with Crippen LogP contribution in [-0.4, -0.2) is 28.4 Å². The molecule has 0 saturated carbocycles. The number of halogens is 2. The second kappa shape index (κ2) is 11.5. The Hall–Kier alpha value is -3.49. The minimum absolute atomic E-state index is 0.000314. The van der Waals surface area contributed by atoms with Gasteiger partial charge < -0.3 is 10.1 Å². The summed E-state index contributed by atoms with van der Waals surface area (Å²) in [5.74, 6) is 0.652. The van der Waals surface area contributed by atoms with Crippen LogP contribution in [0.25, 0.3) is 10.9 Å². The smallest absolute Gasteiger partial charge is 0.282 e. The highest BCUT2D eigenvalue weighted by Gasteiger charge is 2.16. The van der Waals surface area contributed by atoms with Crippen molar-refractivity contribution < 1.29 is 9.53 Å². The molecule has 4 aromatic rings. The van der Waals surface area contributed by atoms with Gasteiger partial charge in [-0.05, 0) is 55.0 Å². The Kier molecular flexibility index (Phi) is 8.18. The molecular formula is C27H24BrClN4O3. The molecule has 4 rings (SSSR count). The Balaban J connectivity index is 1.65. The summed E-state index contributed by atoms with van der Waals surface area (Å²) in [4.78, 5) is 30.4. The molecule has 0 aliphatic carbocycles. The number of carbonyl (C=O) groups excluding carboxylic acids is 1. The third-order valence-corrected chi connectivity index (χ3v) is 6.32. The molecule has 0 fully saturated rings. The maximum Gasteiger partial charge on any atom is 0.282 e. The number of benzene rings is 3. The summed E-state index contributed by atoms with van der Waals surface area (Å²) in [6.07, 6.45) is 2.28. The first-order valence-corrected chi connectivity index (χ1v) is 12.6. The average Bonchev–Trinajstić information content (AvgIpc) is 2.88. The molecule has 0 radical (unpaired) electrons. The molecule has 1 N–H and O–H groups in total. The number of fused-ring (bicyclic) bond motifs is 1. The predicted octanol–water partition coefficient (Wildman–Crippen LogP) is 6.23. The van der Waals surface area contributed by atoms with Gasteiger partial charge in [-0.3, -0.25) is 9.59 Å². The Labute approximate surface area is 221 Å². The number of ether oxygens (including phenoxy) is 1. The number of rotatable bonds is 8. The minimum Gasteiger partial charge on any atom is -0.483 e. The van der Waals surface area contributed by atoms with Gasteiger partial charge in [-0.15, -0.1) is 0 Å². The van der Waals surface area contributed by atoms with E-state index >= 15 is 0 Å². The molecule has 0 bridgehead atoms. The van der Waals surface area contributed by atoms with E-state index in [1.807, 2.05) is 44.2 Å². The van der Waals surface area contributed by atoms with Crippen molar-refractivity contribution in [1.29, 1.82) is 0 Å². The minimum atomic E-state index is -0.307. The summed E-state index contributed by atoms with van der Waals surface area (Å²) in [7, 11) is 0. The van der Waals surface area contributed by atoms with Gasteiger partial charge >= 0.3 is 0 Å². The van der Waals surface area contributed by atoms with E-state index in [0.29, 0.717) is 38.8 Å². The molecule has 1 aromatic heterocycles. The van der Waals surface area contributed by atoms with Crippen molar-refractivity contribution in [3.8, 4) is 5.75 Å². The predicted molar refractivity (Wildman–Crippen MR) is 147 cm³/mol. The van der Waals surface area contributed by atoms with Gasteiger partial charge in [0.15, 0.2) is 6.61 Å². The number of hydrogen-bond acceptors (Lipinski definition) is 5. The molecular weight excluding hydrogens is 544 g/mol. The molecule has 1 heterocycles. The van der Waals surface area contributed by atoms with Gasteiger partial charge in [0.25, 0.3) is 11.5 Å². The zero-order valence-corrected chi connectivity index (χ0v) is 22.1. The fourth-order valence-electron chi connectivity index (χ4n) is 3.51. The number of carbonyl (C=O) groups is 1. The van der Waals surface area contributed by atoms with Crippen LogP contribution in [0.4, 0.5) is 5.69 Å². The first-order chi connectivity index (χ1) is 17.4. The van der Waals surface area contributed by atoms with Crippen molar-refractivity contribution in [2.45, 2.75) is 26.2 Å². The Morgan fingerprint density at radius 2 is 1.97 bits per heavy atom. The number of aromatic nitrogens is 2. The van der Waals surface area contributed by atoms with Crippen molar-refractivity contribution in [3.63, 3.8) is 0 Å². The molecule has 7 nitrogen and oxygen atoms in total. The first-order valence-electron chi connectivity index (χ1n) is 11.4. The number of nitrogens with one attached hydrogen (secondary N) is 1. The summed E-state index contributed by atoms with van der Waals surface area (Å²) >= 11 is 9.63. The van der Waals surface area contributed by atoms with Crippen molar-refractivity contribution >= 4 is 56.2 Å². The fraction of sp³-hybridized carbons (Fsp3) is 0.185. The average molecular weight is 568 g/mol. The monoisotopic (exact) mass is 566 g/mol. The van der Waals surface area contributed by atoms with E-state index in [-0.39, 0.29) is 24.0 Å². The summed E-state index contributed by atoms with van der Waals surface area (Å²) in [5, 5.41) is 8.18. The van der Waals surface area contributed by atoms with E-state index in [1.165, 1.54) is 10.9 Å². The van der Waals surface area contributed by atoms with E-state index in [2.05, 4.69) is 26.3 Å².